The fourth-order valence-electron chi connectivity index (χ4n) is 3.87. The molecular formula is C22H33FN4. The monoisotopic (exact) mass is 372 g/mol. The molecule has 1 aromatic rings. The fraction of sp³-hybridized carbons (Fsp3) is 0.591. The van der Waals surface area contributed by atoms with Crippen LogP contribution in [-0.2, 0) is 5.41 Å². The number of guanidine groups is 1. The molecule has 1 aliphatic heterocycles. The van der Waals surface area contributed by atoms with Crippen molar-refractivity contribution in [3.05, 3.63) is 47.8 Å². The Morgan fingerprint density at radius 2 is 2.07 bits per heavy atom. The van der Waals surface area contributed by atoms with Crippen LogP contribution in [0.2, 0.25) is 0 Å². The van der Waals surface area contributed by atoms with Crippen LogP contribution in [0, 0.1) is 5.82 Å². The summed E-state index contributed by atoms with van der Waals surface area (Å²) in [5.74, 6) is 0.729. The Kier molecular flexibility index (Phi) is 6.53. The van der Waals surface area contributed by atoms with E-state index >= 15 is 0 Å². The Morgan fingerprint density at radius 3 is 2.67 bits per heavy atom. The highest BCUT2D eigenvalue weighted by Crippen LogP contribution is 2.48. The molecule has 5 heteroatoms. The van der Waals surface area contributed by atoms with Crippen molar-refractivity contribution in [2.24, 2.45) is 4.99 Å². The van der Waals surface area contributed by atoms with Crippen LogP contribution < -0.4 is 10.6 Å². The molecule has 2 fully saturated rings. The molecule has 0 aromatic heterocycles. The predicted octanol–water partition coefficient (Wildman–Crippen LogP) is 3.45. The van der Waals surface area contributed by atoms with Gasteiger partial charge in [-0.2, -0.15) is 0 Å². The van der Waals surface area contributed by atoms with E-state index in [0.29, 0.717) is 12.6 Å². The van der Waals surface area contributed by atoms with Crippen LogP contribution in [0.15, 0.2) is 41.4 Å². The molecule has 0 bridgehead atoms. The zero-order valence-electron chi connectivity index (χ0n) is 16.7. The van der Waals surface area contributed by atoms with Crippen molar-refractivity contribution in [3.8, 4) is 0 Å². The molecule has 1 aromatic carbocycles. The average Bonchev–Trinajstić information content (AvgIpc) is 3.42. The molecule has 0 radical (unpaired) electrons. The average molecular weight is 373 g/mol. The first-order valence-electron chi connectivity index (χ1n) is 10.2. The minimum absolute atomic E-state index is 0.0231. The Labute approximate surface area is 162 Å². The van der Waals surface area contributed by atoms with Crippen molar-refractivity contribution < 1.29 is 4.39 Å². The SMILES string of the molecule is C=C(C)CN1CCC(NC(=NCC2(c3cccc(F)c3)CC2)NCC)CC1. The van der Waals surface area contributed by atoms with Gasteiger partial charge in [-0.3, -0.25) is 9.89 Å². The van der Waals surface area contributed by atoms with Gasteiger partial charge in [0.2, 0.25) is 0 Å². The highest BCUT2D eigenvalue weighted by atomic mass is 19.1. The number of piperidine rings is 1. The Morgan fingerprint density at radius 1 is 1.33 bits per heavy atom. The topological polar surface area (TPSA) is 39.7 Å². The smallest absolute Gasteiger partial charge is 0.191 e. The van der Waals surface area contributed by atoms with E-state index in [2.05, 4.69) is 36.0 Å². The zero-order chi connectivity index (χ0) is 19.3. The van der Waals surface area contributed by atoms with Crippen LogP contribution in [0.4, 0.5) is 4.39 Å². The molecule has 0 amide bonds. The quantitative estimate of drug-likeness (QED) is 0.437. The molecule has 3 rings (SSSR count). The van der Waals surface area contributed by atoms with E-state index in [4.69, 9.17) is 4.99 Å². The minimum atomic E-state index is -0.158. The van der Waals surface area contributed by atoms with E-state index in [1.165, 1.54) is 11.6 Å². The molecule has 148 valence electrons. The zero-order valence-corrected chi connectivity index (χ0v) is 16.7. The van der Waals surface area contributed by atoms with E-state index in [9.17, 15) is 4.39 Å². The molecule has 1 heterocycles. The van der Waals surface area contributed by atoms with Crippen molar-refractivity contribution in [1.29, 1.82) is 0 Å². The van der Waals surface area contributed by atoms with Gasteiger partial charge in [0.15, 0.2) is 5.96 Å². The van der Waals surface area contributed by atoms with Crippen LogP contribution in [0.3, 0.4) is 0 Å². The summed E-state index contributed by atoms with van der Waals surface area (Å²) in [6, 6.07) is 7.46. The van der Waals surface area contributed by atoms with Gasteiger partial charge < -0.3 is 10.6 Å². The van der Waals surface area contributed by atoms with Crippen LogP contribution in [0.25, 0.3) is 0 Å². The number of halogens is 1. The molecule has 0 spiro atoms. The van der Waals surface area contributed by atoms with E-state index in [1.807, 2.05) is 6.07 Å². The predicted molar refractivity (Wildman–Crippen MR) is 111 cm³/mol. The summed E-state index contributed by atoms with van der Waals surface area (Å²) in [6.45, 7) is 12.9. The number of benzene rings is 1. The second-order valence-corrected chi connectivity index (χ2v) is 8.14. The van der Waals surface area contributed by atoms with Crippen LogP contribution in [0.1, 0.15) is 45.1 Å². The number of rotatable bonds is 7. The molecular weight excluding hydrogens is 339 g/mol. The highest BCUT2D eigenvalue weighted by molar-refractivity contribution is 5.80. The van der Waals surface area contributed by atoms with Crippen LogP contribution in [0.5, 0.6) is 0 Å². The number of nitrogens with zero attached hydrogens (tertiary/aromatic N) is 2. The number of aliphatic imine (C=N–C) groups is 1. The number of nitrogens with one attached hydrogen (secondary N) is 2. The molecule has 2 aliphatic rings. The fourth-order valence-corrected chi connectivity index (χ4v) is 3.87. The third kappa shape index (κ3) is 5.55. The summed E-state index contributed by atoms with van der Waals surface area (Å²) >= 11 is 0. The Bertz CT molecular complexity index is 673. The van der Waals surface area contributed by atoms with Gasteiger partial charge in [-0.05, 0) is 57.2 Å². The summed E-state index contributed by atoms with van der Waals surface area (Å²) < 4.78 is 13.6. The van der Waals surface area contributed by atoms with Crippen molar-refractivity contribution in [1.82, 2.24) is 15.5 Å². The maximum atomic E-state index is 13.6. The standard InChI is InChI=1S/C22H33FN4/c1-4-24-21(26-20-8-12-27(13-9-20)15-17(2)3)25-16-22(10-11-22)18-6-5-7-19(23)14-18/h5-7,14,20H,2,4,8-13,15-16H2,1,3H3,(H2,24,25,26). The summed E-state index contributed by atoms with van der Waals surface area (Å²) in [5, 5.41) is 6.98. The van der Waals surface area contributed by atoms with Crippen molar-refractivity contribution in [3.63, 3.8) is 0 Å². The highest BCUT2D eigenvalue weighted by Gasteiger charge is 2.44. The third-order valence-corrected chi connectivity index (χ3v) is 5.60. The molecule has 4 nitrogen and oxygen atoms in total. The van der Waals surface area contributed by atoms with Gasteiger partial charge in [-0.1, -0.05) is 24.3 Å². The maximum absolute atomic E-state index is 13.6. The summed E-state index contributed by atoms with van der Waals surface area (Å²) in [5.41, 5.74) is 2.33. The second-order valence-electron chi connectivity index (χ2n) is 8.14. The molecule has 27 heavy (non-hydrogen) atoms. The Balaban J connectivity index is 1.57. The van der Waals surface area contributed by atoms with E-state index < -0.39 is 0 Å². The van der Waals surface area contributed by atoms with Crippen molar-refractivity contribution >= 4 is 5.96 Å². The van der Waals surface area contributed by atoms with E-state index in [1.54, 1.807) is 12.1 Å². The van der Waals surface area contributed by atoms with E-state index in [-0.39, 0.29) is 11.2 Å². The summed E-state index contributed by atoms with van der Waals surface area (Å²) in [6.07, 6.45) is 4.40. The maximum Gasteiger partial charge on any atom is 0.191 e. The number of hydrogen-bond donors (Lipinski definition) is 2. The van der Waals surface area contributed by atoms with Gasteiger partial charge >= 0.3 is 0 Å². The van der Waals surface area contributed by atoms with Gasteiger partial charge in [0, 0.05) is 37.6 Å². The first-order valence-corrected chi connectivity index (χ1v) is 10.2. The second kappa shape index (κ2) is 8.87. The third-order valence-electron chi connectivity index (χ3n) is 5.60. The lowest BCUT2D eigenvalue weighted by Gasteiger charge is -2.33. The first kappa shape index (κ1) is 19.9. The van der Waals surface area contributed by atoms with Gasteiger partial charge in [-0.15, -0.1) is 0 Å². The molecule has 0 atom stereocenters. The number of likely N-dealkylation sites (tertiary alicyclic amines) is 1. The van der Waals surface area contributed by atoms with Crippen molar-refractivity contribution in [2.75, 3.05) is 32.7 Å². The Hall–Kier alpha value is -1.88. The summed E-state index contributed by atoms with van der Waals surface area (Å²) in [7, 11) is 0. The normalized spacial score (nSPS) is 20.3. The first-order chi connectivity index (χ1) is 13.0. The minimum Gasteiger partial charge on any atom is -0.357 e. The molecule has 0 unspecified atom stereocenters. The lowest BCUT2D eigenvalue weighted by Crippen LogP contribution is -2.49. The van der Waals surface area contributed by atoms with Gasteiger partial charge in [0.25, 0.3) is 0 Å². The molecule has 1 aliphatic carbocycles. The lowest BCUT2D eigenvalue weighted by molar-refractivity contribution is 0.221. The van der Waals surface area contributed by atoms with Gasteiger partial charge in [0.05, 0.1) is 6.54 Å². The van der Waals surface area contributed by atoms with E-state index in [0.717, 1.165) is 63.4 Å². The number of hydrogen-bond acceptors (Lipinski definition) is 2. The van der Waals surface area contributed by atoms with Gasteiger partial charge in [-0.25, -0.2) is 4.39 Å². The van der Waals surface area contributed by atoms with Crippen molar-refractivity contribution in [2.45, 2.75) is 51.0 Å². The largest absolute Gasteiger partial charge is 0.357 e. The lowest BCUT2D eigenvalue weighted by atomic mass is 9.96. The van der Waals surface area contributed by atoms with Crippen LogP contribution in [-0.4, -0.2) is 49.6 Å². The molecule has 1 saturated carbocycles. The molecule has 2 N–H and O–H groups in total. The molecule has 1 saturated heterocycles. The van der Waals surface area contributed by atoms with Crippen LogP contribution >= 0.6 is 0 Å². The summed E-state index contributed by atoms with van der Waals surface area (Å²) in [4.78, 5) is 7.33. The van der Waals surface area contributed by atoms with Gasteiger partial charge in [0.1, 0.15) is 5.82 Å².